The number of hydrogen-bond acceptors (Lipinski definition) is 6. The maximum absolute atomic E-state index is 13.1. The zero-order chi connectivity index (χ0) is 43.8. The molecule has 4 aliphatic rings. The zero-order valence-corrected chi connectivity index (χ0v) is 41.4. The van der Waals surface area contributed by atoms with Crippen LogP contribution in [-0.2, 0) is 27.9 Å². The molecule has 3 saturated carbocycles. The number of phosphoric acid groups is 1. The molecule has 0 aromatic carbocycles. The van der Waals surface area contributed by atoms with E-state index in [1.54, 1.807) is 5.57 Å². The number of quaternary nitrogens is 1. The molecule has 10 atom stereocenters. The first-order chi connectivity index (χ1) is 28.5. The quantitative estimate of drug-likeness (QED) is 0.0253. The van der Waals surface area contributed by atoms with Crippen molar-refractivity contribution in [2.75, 3.05) is 47.5 Å². The molecule has 60 heavy (non-hydrogen) atoms. The number of ether oxygens (including phenoxy) is 2. The number of carbonyl (C=O) groups excluding carboxylic acids is 1. The summed E-state index contributed by atoms with van der Waals surface area (Å²) in [4.78, 5) is 23.6. The standard InChI is InChI=1S/C51H94NO7P/c1-10-11-12-13-14-15-16-17-18-19-20-21-22-26-49(53)59-44(39-58-60(54,55)57-36-35-52(7,8)9)38-56-43-31-33-50(5)42(37-43)27-28-45-47-30-29-46(41(4)25-23-24-40(2)3)51(47,6)34-32-48(45)50/h27,40-41,43-48H,10-26,28-39H2,1-9H3/p+1/t41-,43+,44?,45+,46-,47+,48+,50+,51-/m1/s1. The van der Waals surface area contributed by atoms with Gasteiger partial charge in [0.05, 0.1) is 40.5 Å². The fraction of sp³-hybridized carbons (Fsp3) is 0.941. The second kappa shape index (κ2) is 25.1. The number of rotatable bonds is 30. The van der Waals surface area contributed by atoms with E-state index < -0.39 is 13.9 Å². The van der Waals surface area contributed by atoms with Crippen LogP contribution in [0, 0.1) is 46.3 Å². The SMILES string of the molecule is CCCCCCCCCCCCCCCC(=O)OC(CO[C@H]1CC[C@@]2(C)C(=CC[C@H]3[C@@H]4CC[C@H]([C@H](C)CCCC(C)C)[C@@]4(C)CC[C@@H]32)C1)COP(=O)(O)OCC[N+](C)(C)C. The van der Waals surface area contributed by atoms with Gasteiger partial charge in [0.25, 0.3) is 0 Å². The lowest BCUT2D eigenvalue weighted by Gasteiger charge is -2.58. The van der Waals surface area contributed by atoms with Gasteiger partial charge < -0.3 is 18.9 Å². The highest BCUT2D eigenvalue weighted by Crippen LogP contribution is 2.67. The third-order valence-electron chi connectivity index (χ3n) is 16.0. The summed E-state index contributed by atoms with van der Waals surface area (Å²) in [5, 5.41) is 0. The van der Waals surface area contributed by atoms with Gasteiger partial charge in [0, 0.05) is 6.42 Å². The van der Waals surface area contributed by atoms with E-state index in [1.807, 2.05) is 21.1 Å². The molecule has 0 aliphatic heterocycles. The molecule has 0 heterocycles. The summed E-state index contributed by atoms with van der Waals surface area (Å²) in [7, 11) is 1.67. The van der Waals surface area contributed by atoms with E-state index in [1.165, 1.54) is 116 Å². The van der Waals surface area contributed by atoms with Crippen LogP contribution in [0.3, 0.4) is 0 Å². The molecule has 0 radical (unpaired) electrons. The van der Waals surface area contributed by atoms with Crippen LogP contribution < -0.4 is 0 Å². The van der Waals surface area contributed by atoms with Crippen LogP contribution in [0.4, 0.5) is 0 Å². The lowest BCUT2D eigenvalue weighted by molar-refractivity contribution is -0.870. The van der Waals surface area contributed by atoms with Crippen LogP contribution >= 0.6 is 7.82 Å². The highest BCUT2D eigenvalue weighted by Gasteiger charge is 2.59. The highest BCUT2D eigenvalue weighted by atomic mass is 31.2. The van der Waals surface area contributed by atoms with Crippen molar-refractivity contribution in [2.24, 2.45) is 46.3 Å². The predicted molar refractivity (Wildman–Crippen MR) is 248 cm³/mol. The van der Waals surface area contributed by atoms with Gasteiger partial charge >= 0.3 is 13.8 Å². The van der Waals surface area contributed by atoms with Gasteiger partial charge in [0.1, 0.15) is 19.3 Å². The lowest BCUT2D eigenvalue weighted by atomic mass is 9.47. The number of hydrogen-bond donors (Lipinski definition) is 1. The second-order valence-electron chi connectivity index (χ2n) is 22.2. The van der Waals surface area contributed by atoms with Crippen LogP contribution in [0.5, 0.6) is 0 Å². The van der Waals surface area contributed by atoms with Crippen molar-refractivity contribution in [3.05, 3.63) is 11.6 Å². The molecule has 0 spiro atoms. The molecule has 0 bridgehead atoms. The molecule has 4 rings (SSSR count). The van der Waals surface area contributed by atoms with Crippen LogP contribution in [0.15, 0.2) is 11.6 Å². The summed E-state index contributed by atoms with van der Waals surface area (Å²) in [6.45, 7) is 15.3. The first-order valence-corrected chi connectivity index (χ1v) is 26.9. The largest absolute Gasteiger partial charge is 0.472 e. The minimum atomic E-state index is -4.32. The Morgan fingerprint density at radius 1 is 0.817 bits per heavy atom. The summed E-state index contributed by atoms with van der Waals surface area (Å²) in [6, 6.07) is 0. The van der Waals surface area contributed by atoms with Crippen molar-refractivity contribution >= 4 is 13.8 Å². The molecule has 2 unspecified atom stereocenters. The number of carbonyl (C=O) groups is 1. The number of phosphoric ester groups is 1. The number of fused-ring (bicyclic) bond motifs is 5. The van der Waals surface area contributed by atoms with Crippen LogP contribution in [0.1, 0.15) is 202 Å². The molecule has 4 aliphatic carbocycles. The van der Waals surface area contributed by atoms with E-state index >= 15 is 0 Å². The Bertz CT molecular complexity index is 1330. The summed E-state index contributed by atoms with van der Waals surface area (Å²) >= 11 is 0. The molecule has 8 nitrogen and oxygen atoms in total. The molecule has 0 aromatic rings. The first kappa shape index (κ1) is 51.9. The Balaban J connectivity index is 1.26. The maximum atomic E-state index is 13.1. The van der Waals surface area contributed by atoms with E-state index in [-0.39, 0.29) is 37.3 Å². The summed E-state index contributed by atoms with van der Waals surface area (Å²) in [5.41, 5.74) is 2.27. The van der Waals surface area contributed by atoms with E-state index in [0.29, 0.717) is 22.9 Å². The van der Waals surface area contributed by atoms with E-state index in [0.717, 1.165) is 74.0 Å². The van der Waals surface area contributed by atoms with Crippen LogP contribution in [-0.4, -0.2) is 75.1 Å². The van der Waals surface area contributed by atoms with Gasteiger partial charge in [-0.1, -0.05) is 150 Å². The third kappa shape index (κ3) is 16.3. The number of allylic oxidation sites excluding steroid dienone is 1. The maximum Gasteiger partial charge on any atom is 0.472 e. The Kier molecular flexibility index (Phi) is 21.7. The van der Waals surface area contributed by atoms with Crippen LogP contribution in [0.2, 0.25) is 0 Å². The average Bonchev–Trinajstić information content (AvgIpc) is 3.54. The topological polar surface area (TPSA) is 91.3 Å². The van der Waals surface area contributed by atoms with Crippen LogP contribution in [0.25, 0.3) is 0 Å². The molecule has 3 fully saturated rings. The van der Waals surface area contributed by atoms with Crippen molar-refractivity contribution in [3.8, 4) is 0 Å². The first-order valence-electron chi connectivity index (χ1n) is 25.4. The van der Waals surface area contributed by atoms with Crippen molar-refractivity contribution in [3.63, 3.8) is 0 Å². The Morgan fingerprint density at radius 2 is 1.47 bits per heavy atom. The van der Waals surface area contributed by atoms with Crippen molar-refractivity contribution in [1.82, 2.24) is 0 Å². The Labute approximate surface area is 369 Å². The number of esters is 1. The molecular weight excluding hydrogens is 770 g/mol. The summed E-state index contributed by atoms with van der Waals surface area (Å²) in [5.74, 6) is 4.57. The molecule has 1 N–H and O–H groups in total. The molecule has 0 aromatic heterocycles. The van der Waals surface area contributed by atoms with Gasteiger partial charge in [-0.15, -0.1) is 0 Å². The molecule has 9 heteroatoms. The predicted octanol–water partition coefficient (Wildman–Crippen LogP) is 13.6. The number of likely N-dealkylation sites (N-methyl/N-ethyl adjacent to an activating group) is 1. The van der Waals surface area contributed by atoms with Gasteiger partial charge in [0.15, 0.2) is 0 Å². The normalized spacial score (nSPS) is 29.9. The van der Waals surface area contributed by atoms with E-state index in [2.05, 4.69) is 47.6 Å². The van der Waals surface area contributed by atoms with E-state index in [4.69, 9.17) is 18.5 Å². The molecule has 350 valence electrons. The third-order valence-corrected chi connectivity index (χ3v) is 17.0. The van der Waals surface area contributed by atoms with Gasteiger partial charge in [-0.05, 0) is 104 Å². The fourth-order valence-electron chi connectivity index (χ4n) is 12.3. The fourth-order valence-corrected chi connectivity index (χ4v) is 13.1. The minimum Gasteiger partial charge on any atom is -0.457 e. The Hall–Kier alpha value is -0.760. The monoisotopic (exact) mass is 865 g/mol. The smallest absolute Gasteiger partial charge is 0.457 e. The van der Waals surface area contributed by atoms with Crippen molar-refractivity contribution in [2.45, 2.75) is 214 Å². The zero-order valence-electron chi connectivity index (χ0n) is 40.5. The highest BCUT2D eigenvalue weighted by molar-refractivity contribution is 7.47. The summed E-state index contributed by atoms with van der Waals surface area (Å²) in [6.07, 6.45) is 32.3. The average molecular weight is 865 g/mol. The van der Waals surface area contributed by atoms with Gasteiger partial charge in [0.2, 0.25) is 0 Å². The second-order valence-corrected chi connectivity index (χ2v) is 23.7. The van der Waals surface area contributed by atoms with Crippen molar-refractivity contribution < 1.29 is 37.3 Å². The number of unbranched alkanes of at least 4 members (excludes halogenated alkanes) is 12. The van der Waals surface area contributed by atoms with E-state index in [9.17, 15) is 14.3 Å². The number of nitrogens with zero attached hydrogens (tertiary/aromatic N) is 1. The van der Waals surface area contributed by atoms with Crippen molar-refractivity contribution in [1.29, 1.82) is 0 Å². The summed E-state index contributed by atoms with van der Waals surface area (Å²) < 4.78 is 36.6. The molecule has 0 saturated heterocycles. The minimum absolute atomic E-state index is 0.0290. The Morgan fingerprint density at radius 3 is 2.10 bits per heavy atom. The van der Waals surface area contributed by atoms with Gasteiger partial charge in [-0.3, -0.25) is 13.8 Å². The molecular formula is C51H95NO7P+. The van der Waals surface area contributed by atoms with Gasteiger partial charge in [-0.2, -0.15) is 0 Å². The lowest BCUT2D eigenvalue weighted by Crippen LogP contribution is -2.51. The molecule has 0 amide bonds. The van der Waals surface area contributed by atoms with Gasteiger partial charge in [-0.25, -0.2) is 4.57 Å².